The van der Waals surface area contributed by atoms with Crippen LogP contribution in [0, 0.1) is 32.1 Å². The van der Waals surface area contributed by atoms with Crippen molar-refractivity contribution in [2.75, 3.05) is 0 Å². The van der Waals surface area contributed by atoms with Crippen LogP contribution < -0.4 is 0 Å². The number of nitriles is 1. The summed E-state index contributed by atoms with van der Waals surface area (Å²) in [4.78, 5) is 1.72. The molecule has 7 heteroatoms. The van der Waals surface area contributed by atoms with Crippen LogP contribution in [0.1, 0.15) is 21.6 Å². The fraction of sp³-hybridized carbons (Fsp3) is 0.115. The number of fused-ring (bicyclic) bond motifs is 1. The minimum absolute atomic E-state index is 0.323. The lowest BCUT2D eigenvalue weighted by Crippen LogP contribution is -2.17. The van der Waals surface area contributed by atoms with Crippen LogP contribution in [-0.4, -0.2) is 12.4 Å². The van der Waals surface area contributed by atoms with Crippen molar-refractivity contribution < 1.29 is 8.42 Å². The number of rotatable bonds is 4. The Labute approximate surface area is 201 Å². The summed E-state index contributed by atoms with van der Waals surface area (Å²) in [6, 6.07) is 19.4. The first-order valence-electron chi connectivity index (χ1n) is 10.3. The van der Waals surface area contributed by atoms with Gasteiger partial charge in [0, 0.05) is 16.5 Å². The lowest BCUT2D eigenvalue weighted by Gasteiger charge is -2.16. The number of hydrogen-bond acceptors (Lipinski definition) is 5. The molecule has 2 aromatic carbocycles. The molecule has 0 amide bonds. The van der Waals surface area contributed by atoms with Crippen LogP contribution in [0.5, 0.6) is 0 Å². The Balaban J connectivity index is 1.99. The van der Waals surface area contributed by atoms with E-state index >= 15 is 0 Å². The van der Waals surface area contributed by atoms with Crippen molar-refractivity contribution in [2.45, 2.75) is 25.7 Å². The maximum absolute atomic E-state index is 14.4. The predicted molar refractivity (Wildman–Crippen MR) is 137 cm³/mol. The highest BCUT2D eigenvalue weighted by atomic mass is 32.2. The minimum atomic E-state index is -3.95. The van der Waals surface area contributed by atoms with Crippen molar-refractivity contribution in [2.24, 2.45) is 0 Å². The molecule has 3 aromatic heterocycles. The summed E-state index contributed by atoms with van der Waals surface area (Å²) < 4.78 is 30.2. The molecule has 0 aliphatic heterocycles. The van der Waals surface area contributed by atoms with Gasteiger partial charge in [-0.3, -0.25) is 0 Å². The van der Waals surface area contributed by atoms with Crippen LogP contribution in [-0.2, 0) is 10.0 Å². The van der Waals surface area contributed by atoms with Gasteiger partial charge in [0.25, 0.3) is 10.0 Å². The summed E-state index contributed by atoms with van der Waals surface area (Å²) in [6.45, 7) is 5.66. The van der Waals surface area contributed by atoms with Crippen molar-refractivity contribution in [1.29, 1.82) is 5.26 Å². The van der Waals surface area contributed by atoms with Crippen LogP contribution in [0.3, 0.4) is 0 Å². The Kier molecular flexibility index (Phi) is 5.25. The summed E-state index contributed by atoms with van der Waals surface area (Å²) in [5, 5.41) is 14.4. The number of hydrogen-bond donors (Lipinski definition) is 0. The Morgan fingerprint density at radius 3 is 2.30 bits per heavy atom. The minimum Gasteiger partial charge on any atom is -0.232 e. The van der Waals surface area contributed by atoms with Crippen molar-refractivity contribution >= 4 is 43.6 Å². The maximum atomic E-state index is 14.4. The van der Waals surface area contributed by atoms with E-state index in [0.717, 1.165) is 38.1 Å². The third-order valence-corrected chi connectivity index (χ3v) is 9.44. The Morgan fingerprint density at radius 2 is 1.64 bits per heavy atom. The maximum Gasteiger partial charge on any atom is 0.269 e. The number of aryl methyl sites for hydroxylation is 3. The van der Waals surface area contributed by atoms with E-state index in [2.05, 4.69) is 6.07 Å². The van der Waals surface area contributed by atoms with E-state index in [0.29, 0.717) is 21.0 Å². The molecular formula is C26H20N2O2S3. The molecule has 0 fully saturated rings. The molecule has 5 rings (SSSR count). The van der Waals surface area contributed by atoms with Gasteiger partial charge in [-0.05, 0) is 60.9 Å². The largest absolute Gasteiger partial charge is 0.269 e. The van der Waals surface area contributed by atoms with Gasteiger partial charge in [-0.15, -0.1) is 22.7 Å². The van der Waals surface area contributed by atoms with Gasteiger partial charge in [-0.25, -0.2) is 12.4 Å². The smallest absolute Gasteiger partial charge is 0.232 e. The molecule has 0 bridgehead atoms. The zero-order chi connectivity index (χ0) is 23.3. The molecule has 4 nitrogen and oxygen atoms in total. The van der Waals surface area contributed by atoms with Gasteiger partial charge in [-0.2, -0.15) is 5.26 Å². The molecule has 0 saturated carbocycles. The van der Waals surface area contributed by atoms with E-state index in [1.165, 1.54) is 26.6 Å². The number of nitrogens with zero attached hydrogens (tertiary/aromatic N) is 2. The molecule has 3 heterocycles. The fourth-order valence-corrected chi connectivity index (χ4v) is 8.10. The van der Waals surface area contributed by atoms with E-state index in [4.69, 9.17) is 0 Å². The van der Waals surface area contributed by atoms with Crippen LogP contribution in [0.25, 0.3) is 32.6 Å². The van der Waals surface area contributed by atoms with Crippen LogP contribution in [0.4, 0.5) is 0 Å². The third kappa shape index (κ3) is 3.34. The lowest BCUT2D eigenvalue weighted by atomic mass is 10.0. The molecule has 5 aromatic rings. The first-order chi connectivity index (χ1) is 15.8. The van der Waals surface area contributed by atoms with Gasteiger partial charge >= 0.3 is 0 Å². The highest BCUT2D eigenvalue weighted by Gasteiger charge is 2.31. The summed E-state index contributed by atoms with van der Waals surface area (Å²) in [5.41, 5.74) is 5.20. The Morgan fingerprint density at radius 1 is 0.909 bits per heavy atom. The fourth-order valence-electron chi connectivity index (χ4n) is 4.63. The Hall–Kier alpha value is -3.18. The summed E-state index contributed by atoms with van der Waals surface area (Å²) in [6.07, 6.45) is 0. The standard InChI is InChI=1S/C26H20N2O2S3/c1-16-13-17(2)26(18(3)14-16)33(29,30)28-21-8-5-4-7-19(21)24(20-10-12-32-23(20)15-27)25(28)22-9-6-11-31-22/h4-14H,1-3H3. The SMILES string of the molecule is Cc1cc(C)c(S(=O)(=O)n2c(-c3cccs3)c(-c3ccsc3C#N)c3ccccc32)c(C)c1. The van der Waals surface area contributed by atoms with E-state index in [1.807, 2.05) is 86.1 Å². The highest BCUT2D eigenvalue weighted by Crippen LogP contribution is 2.46. The molecule has 0 atom stereocenters. The van der Waals surface area contributed by atoms with Gasteiger partial charge in [0.1, 0.15) is 10.9 Å². The monoisotopic (exact) mass is 488 g/mol. The first kappa shape index (κ1) is 21.7. The average Bonchev–Trinajstić information content (AvgIpc) is 3.50. The van der Waals surface area contributed by atoms with E-state index in [1.54, 1.807) is 0 Å². The van der Waals surface area contributed by atoms with Gasteiger partial charge in [0.05, 0.1) is 21.0 Å². The number of thiophene rings is 2. The first-order valence-corrected chi connectivity index (χ1v) is 13.5. The van der Waals surface area contributed by atoms with Gasteiger partial charge < -0.3 is 0 Å². The molecule has 0 N–H and O–H groups in total. The topological polar surface area (TPSA) is 62.9 Å². The summed E-state index contributed by atoms with van der Waals surface area (Å²) in [7, 11) is -3.95. The van der Waals surface area contributed by atoms with E-state index in [9.17, 15) is 13.7 Å². The second-order valence-corrected chi connectivity index (χ2v) is 11.6. The highest BCUT2D eigenvalue weighted by molar-refractivity contribution is 7.90. The molecule has 0 saturated heterocycles. The third-order valence-electron chi connectivity index (χ3n) is 5.73. The normalized spacial score (nSPS) is 11.7. The lowest BCUT2D eigenvalue weighted by molar-refractivity contribution is 0.588. The zero-order valence-corrected chi connectivity index (χ0v) is 20.7. The van der Waals surface area contributed by atoms with Gasteiger partial charge in [0.15, 0.2) is 0 Å². The van der Waals surface area contributed by atoms with Crippen LogP contribution in [0.2, 0.25) is 0 Å². The summed E-state index contributed by atoms with van der Waals surface area (Å²) in [5.74, 6) is 0. The second-order valence-electron chi connectivity index (χ2n) is 7.99. The summed E-state index contributed by atoms with van der Waals surface area (Å²) >= 11 is 2.85. The zero-order valence-electron chi connectivity index (χ0n) is 18.3. The number of aromatic nitrogens is 1. The quantitative estimate of drug-likeness (QED) is 0.270. The van der Waals surface area contributed by atoms with Gasteiger partial charge in [0.2, 0.25) is 0 Å². The molecular weight excluding hydrogens is 468 g/mol. The number of para-hydroxylation sites is 1. The van der Waals surface area contributed by atoms with Gasteiger partial charge in [-0.1, -0.05) is 42.0 Å². The molecule has 164 valence electrons. The van der Waals surface area contributed by atoms with Crippen LogP contribution >= 0.6 is 22.7 Å². The molecule has 0 aliphatic carbocycles. The van der Waals surface area contributed by atoms with Crippen molar-refractivity contribution in [3.8, 4) is 27.8 Å². The van der Waals surface area contributed by atoms with E-state index in [-0.39, 0.29) is 0 Å². The average molecular weight is 489 g/mol. The molecule has 0 spiro atoms. The van der Waals surface area contributed by atoms with Crippen molar-refractivity contribution in [3.05, 3.63) is 86.9 Å². The molecule has 33 heavy (non-hydrogen) atoms. The van der Waals surface area contributed by atoms with Crippen molar-refractivity contribution in [1.82, 2.24) is 3.97 Å². The number of benzene rings is 2. The molecule has 0 aliphatic rings. The molecule has 0 unspecified atom stereocenters. The predicted octanol–water partition coefficient (Wildman–Crippen LogP) is 7.13. The van der Waals surface area contributed by atoms with Crippen molar-refractivity contribution in [3.63, 3.8) is 0 Å². The second kappa shape index (κ2) is 7.99. The Bertz CT molecular complexity index is 1640. The molecule has 0 radical (unpaired) electrons. The van der Waals surface area contributed by atoms with E-state index < -0.39 is 10.0 Å². The van der Waals surface area contributed by atoms with Crippen LogP contribution in [0.15, 0.2) is 70.3 Å².